The Kier molecular flexibility index (Phi) is 3.23. The molecular formula is C11H22N2. The van der Waals surface area contributed by atoms with E-state index in [1.807, 2.05) is 0 Å². The minimum Gasteiger partial charge on any atom is -0.317 e. The molecule has 2 heteroatoms. The SMILES string of the molecule is CCC1CC1NC1CCCNCC1. The zero-order valence-corrected chi connectivity index (χ0v) is 8.68. The van der Waals surface area contributed by atoms with Crippen molar-refractivity contribution in [1.82, 2.24) is 10.6 Å². The monoisotopic (exact) mass is 182 g/mol. The molecule has 2 N–H and O–H groups in total. The van der Waals surface area contributed by atoms with Crippen LogP contribution in [0.25, 0.3) is 0 Å². The van der Waals surface area contributed by atoms with Gasteiger partial charge in [-0.3, -0.25) is 0 Å². The van der Waals surface area contributed by atoms with Crippen LogP contribution in [0, 0.1) is 5.92 Å². The van der Waals surface area contributed by atoms with Gasteiger partial charge in [0.25, 0.3) is 0 Å². The molecule has 1 aliphatic carbocycles. The predicted molar refractivity (Wildman–Crippen MR) is 55.8 cm³/mol. The first kappa shape index (κ1) is 9.47. The Morgan fingerprint density at radius 1 is 1.31 bits per heavy atom. The molecule has 2 fully saturated rings. The standard InChI is InChI=1S/C11H22N2/c1-2-9-8-11(9)13-10-4-3-6-12-7-5-10/h9-13H,2-8H2,1H3. The highest BCUT2D eigenvalue weighted by molar-refractivity contribution is 4.94. The first-order chi connectivity index (χ1) is 6.40. The Labute approximate surface area is 81.5 Å². The van der Waals surface area contributed by atoms with Crippen molar-refractivity contribution >= 4 is 0 Å². The Morgan fingerprint density at radius 3 is 3.00 bits per heavy atom. The molecule has 13 heavy (non-hydrogen) atoms. The van der Waals surface area contributed by atoms with Gasteiger partial charge >= 0.3 is 0 Å². The van der Waals surface area contributed by atoms with Gasteiger partial charge in [0.1, 0.15) is 0 Å². The second kappa shape index (κ2) is 4.43. The highest BCUT2D eigenvalue weighted by Gasteiger charge is 2.36. The molecule has 1 saturated heterocycles. The zero-order chi connectivity index (χ0) is 9.10. The van der Waals surface area contributed by atoms with Crippen LogP contribution in [0.5, 0.6) is 0 Å². The predicted octanol–water partition coefficient (Wildman–Crippen LogP) is 1.52. The summed E-state index contributed by atoms with van der Waals surface area (Å²) in [5.74, 6) is 0.996. The van der Waals surface area contributed by atoms with Crippen LogP contribution in [0.2, 0.25) is 0 Å². The van der Waals surface area contributed by atoms with Gasteiger partial charge in [0, 0.05) is 12.1 Å². The number of nitrogens with one attached hydrogen (secondary N) is 2. The van der Waals surface area contributed by atoms with Crippen molar-refractivity contribution < 1.29 is 0 Å². The summed E-state index contributed by atoms with van der Waals surface area (Å²) in [6.45, 7) is 4.74. The Morgan fingerprint density at radius 2 is 2.23 bits per heavy atom. The smallest absolute Gasteiger partial charge is 0.0102 e. The molecule has 0 spiro atoms. The lowest BCUT2D eigenvalue weighted by molar-refractivity contribution is 0.452. The largest absolute Gasteiger partial charge is 0.317 e. The molecule has 0 radical (unpaired) electrons. The second-order valence-electron chi connectivity index (χ2n) is 4.56. The normalized spacial score (nSPS) is 39.9. The van der Waals surface area contributed by atoms with Gasteiger partial charge in [-0.05, 0) is 44.7 Å². The average Bonchev–Trinajstić information content (AvgIpc) is 2.90. The van der Waals surface area contributed by atoms with E-state index in [9.17, 15) is 0 Å². The quantitative estimate of drug-likeness (QED) is 0.691. The minimum absolute atomic E-state index is 0.802. The van der Waals surface area contributed by atoms with E-state index in [1.165, 1.54) is 45.2 Å². The van der Waals surface area contributed by atoms with Gasteiger partial charge in [0.05, 0.1) is 0 Å². The van der Waals surface area contributed by atoms with E-state index in [1.54, 1.807) is 0 Å². The van der Waals surface area contributed by atoms with Crippen LogP contribution >= 0.6 is 0 Å². The maximum atomic E-state index is 3.79. The van der Waals surface area contributed by atoms with Gasteiger partial charge < -0.3 is 10.6 Å². The van der Waals surface area contributed by atoms with Crippen molar-refractivity contribution in [1.29, 1.82) is 0 Å². The summed E-state index contributed by atoms with van der Waals surface area (Å²) >= 11 is 0. The lowest BCUT2D eigenvalue weighted by atomic mass is 10.1. The van der Waals surface area contributed by atoms with Crippen molar-refractivity contribution in [2.24, 2.45) is 5.92 Å². The molecule has 0 bridgehead atoms. The van der Waals surface area contributed by atoms with Crippen LogP contribution in [0.4, 0.5) is 0 Å². The van der Waals surface area contributed by atoms with Crippen LogP contribution in [-0.2, 0) is 0 Å². The molecule has 0 aromatic carbocycles. The molecule has 76 valence electrons. The third kappa shape index (κ3) is 2.68. The highest BCUT2D eigenvalue weighted by Crippen LogP contribution is 2.34. The average molecular weight is 182 g/mol. The van der Waals surface area contributed by atoms with E-state index in [0.29, 0.717) is 0 Å². The molecule has 2 aliphatic rings. The van der Waals surface area contributed by atoms with E-state index in [4.69, 9.17) is 0 Å². The van der Waals surface area contributed by atoms with Crippen molar-refractivity contribution in [3.05, 3.63) is 0 Å². The molecular weight excluding hydrogens is 160 g/mol. The van der Waals surface area contributed by atoms with Crippen molar-refractivity contribution in [2.45, 2.75) is 51.1 Å². The topological polar surface area (TPSA) is 24.1 Å². The van der Waals surface area contributed by atoms with Crippen molar-refractivity contribution in [3.63, 3.8) is 0 Å². The second-order valence-corrected chi connectivity index (χ2v) is 4.56. The van der Waals surface area contributed by atoms with Crippen LogP contribution in [0.3, 0.4) is 0 Å². The summed E-state index contributed by atoms with van der Waals surface area (Å²) in [5.41, 5.74) is 0. The van der Waals surface area contributed by atoms with Gasteiger partial charge in [-0.2, -0.15) is 0 Å². The van der Waals surface area contributed by atoms with Gasteiger partial charge in [0.2, 0.25) is 0 Å². The molecule has 0 aromatic heterocycles. The lowest BCUT2D eigenvalue weighted by Crippen LogP contribution is -2.32. The maximum absolute atomic E-state index is 3.79. The molecule has 1 saturated carbocycles. The number of hydrogen-bond donors (Lipinski definition) is 2. The summed E-state index contributed by atoms with van der Waals surface area (Å²) in [6.07, 6.45) is 6.84. The van der Waals surface area contributed by atoms with Gasteiger partial charge in [0.15, 0.2) is 0 Å². The first-order valence-corrected chi connectivity index (χ1v) is 5.87. The first-order valence-electron chi connectivity index (χ1n) is 5.87. The molecule has 3 unspecified atom stereocenters. The Hall–Kier alpha value is -0.0800. The van der Waals surface area contributed by atoms with E-state index < -0.39 is 0 Å². The molecule has 1 aliphatic heterocycles. The summed E-state index contributed by atoms with van der Waals surface area (Å²) < 4.78 is 0. The number of rotatable bonds is 3. The van der Waals surface area contributed by atoms with Gasteiger partial charge in [-0.25, -0.2) is 0 Å². The van der Waals surface area contributed by atoms with Crippen LogP contribution in [0.15, 0.2) is 0 Å². The summed E-state index contributed by atoms with van der Waals surface area (Å²) in [6, 6.07) is 1.67. The number of hydrogen-bond acceptors (Lipinski definition) is 2. The maximum Gasteiger partial charge on any atom is 0.0102 e. The molecule has 3 atom stereocenters. The highest BCUT2D eigenvalue weighted by atomic mass is 15.0. The van der Waals surface area contributed by atoms with E-state index in [2.05, 4.69) is 17.6 Å². The lowest BCUT2D eigenvalue weighted by Gasteiger charge is -2.15. The van der Waals surface area contributed by atoms with E-state index >= 15 is 0 Å². The summed E-state index contributed by atoms with van der Waals surface area (Å²) in [5, 5.41) is 7.25. The Bertz CT molecular complexity index is 150. The molecule has 1 heterocycles. The molecule has 2 nitrogen and oxygen atoms in total. The summed E-state index contributed by atoms with van der Waals surface area (Å²) in [7, 11) is 0. The zero-order valence-electron chi connectivity index (χ0n) is 8.68. The third-order valence-electron chi connectivity index (χ3n) is 3.47. The van der Waals surface area contributed by atoms with E-state index in [-0.39, 0.29) is 0 Å². The fraction of sp³-hybridized carbons (Fsp3) is 1.00. The molecule has 2 rings (SSSR count). The molecule has 0 aromatic rings. The Balaban J connectivity index is 1.68. The summed E-state index contributed by atoms with van der Waals surface area (Å²) in [4.78, 5) is 0. The van der Waals surface area contributed by atoms with Crippen LogP contribution < -0.4 is 10.6 Å². The van der Waals surface area contributed by atoms with Gasteiger partial charge in [-0.15, -0.1) is 0 Å². The third-order valence-corrected chi connectivity index (χ3v) is 3.47. The van der Waals surface area contributed by atoms with Crippen molar-refractivity contribution in [3.8, 4) is 0 Å². The fourth-order valence-electron chi connectivity index (χ4n) is 2.39. The van der Waals surface area contributed by atoms with Crippen LogP contribution in [-0.4, -0.2) is 25.2 Å². The van der Waals surface area contributed by atoms with Crippen molar-refractivity contribution in [2.75, 3.05) is 13.1 Å². The van der Waals surface area contributed by atoms with Gasteiger partial charge in [-0.1, -0.05) is 13.3 Å². The van der Waals surface area contributed by atoms with Crippen LogP contribution in [0.1, 0.15) is 39.0 Å². The minimum atomic E-state index is 0.802. The van der Waals surface area contributed by atoms with E-state index in [0.717, 1.165) is 18.0 Å². The molecule has 0 amide bonds. The fourth-order valence-corrected chi connectivity index (χ4v) is 2.39.